The first-order chi connectivity index (χ1) is 7.68. The summed E-state index contributed by atoms with van der Waals surface area (Å²) in [5, 5.41) is 3.48. The third-order valence-corrected chi connectivity index (χ3v) is 4.55. The van der Waals surface area contributed by atoms with Gasteiger partial charge in [0.25, 0.3) is 0 Å². The quantitative estimate of drug-likeness (QED) is 0.834. The topological polar surface area (TPSA) is 49.4 Å². The second-order valence-electron chi connectivity index (χ2n) is 6.07. The molecule has 1 rings (SSSR count). The summed E-state index contributed by atoms with van der Waals surface area (Å²) in [6.45, 7) is 8.91. The van der Waals surface area contributed by atoms with Gasteiger partial charge in [-0.15, -0.1) is 0 Å². The van der Waals surface area contributed by atoms with E-state index in [0.717, 1.165) is 25.8 Å². The van der Waals surface area contributed by atoms with Gasteiger partial charge in [0, 0.05) is 18.6 Å². The Morgan fingerprint density at radius 1 is 1.24 bits per heavy atom. The van der Waals surface area contributed by atoms with Crippen LogP contribution in [0.3, 0.4) is 0 Å². The van der Waals surface area contributed by atoms with Crippen LogP contribution in [0, 0.1) is 5.92 Å². The molecule has 1 heterocycles. The largest absolute Gasteiger partial charge is 0.312 e. The molecule has 0 aromatic rings. The zero-order chi connectivity index (χ0) is 13.1. The number of nitrogens with zero attached hydrogens (tertiary/aromatic N) is 1. The molecule has 0 amide bonds. The summed E-state index contributed by atoms with van der Waals surface area (Å²) in [4.78, 5) is 0. The first-order valence-corrected chi connectivity index (χ1v) is 8.23. The molecule has 0 unspecified atom stereocenters. The van der Waals surface area contributed by atoms with E-state index < -0.39 is 10.0 Å². The van der Waals surface area contributed by atoms with Crippen molar-refractivity contribution in [3.05, 3.63) is 0 Å². The fourth-order valence-electron chi connectivity index (χ4n) is 2.18. The first kappa shape index (κ1) is 14.9. The zero-order valence-corrected chi connectivity index (χ0v) is 12.3. The molecule has 102 valence electrons. The maximum absolute atomic E-state index is 11.4. The van der Waals surface area contributed by atoms with Crippen LogP contribution in [-0.4, -0.2) is 44.2 Å². The van der Waals surface area contributed by atoms with Crippen LogP contribution in [0.25, 0.3) is 0 Å². The Morgan fingerprint density at radius 2 is 1.76 bits per heavy atom. The van der Waals surface area contributed by atoms with E-state index in [1.807, 2.05) is 0 Å². The smallest absolute Gasteiger partial charge is 0.211 e. The maximum atomic E-state index is 11.4. The van der Waals surface area contributed by atoms with Crippen LogP contribution in [0.1, 0.15) is 40.0 Å². The average molecular weight is 262 g/mol. The van der Waals surface area contributed by atoms with E-state index in [1.165, 1.54) is 6.26 Å². The highest BCUT2D eigenvalue weighted by Gasteiger charge is 2.24. The maximum Gasteiger partial charge on any atom is 0.211 e. The van der Waals surface area contributed by atoms with Crippen molar-refractivity contribution in [2.75, 3.05) is 25.9 Å². The van der Waals surface area contributed by atoms with Gasteiger partial charge in [-0.2, -0.15) is 0 Å². The van der Waals surface area contributed by atoms with Crippen molar-refractivity contribution >= 4 is 10.0 Å². The molecule has 4 nitrogen and oxygen atoms in total. The highest BCUT2D eigenvalue weighted by molar-refractivity contribution is 7.88. The fraction of sp³-hybridized carbons (Fsp3) is 1.00. The van der Waals surface area contributed by atoms with Crippen LogP contribution in [0.2, 0.25) is 0 Å². The number of nitrogens with one attached hydrogen (secondary N) is 1. The number of hydrogen-bond donors (Lipinski definition) is 1. The number of hydrogen-bond acceptors (Lipinski definition) is 3. The molecule has 1 N–H and O–H groups in total. The van der Waals surface area contributed by atoms with Gasteiger partial charge in [0.1, 0.15) is 0 Å². The first-order valence-electron chi connectivity index (χ1n) is 6.38. The lowest BCUT2D eigenvalue weighted by molar-refractivity contribution is 0.257. The molecule has 0 saturated carbocycles. The van der Waals surface area contributed by atoms with Crippen molar-refractivity contribution < 1.29 is 8.42 Å². The summed E-state index contributed by atoms with van der Waals surface area (Å²) < 4.78 is 24.3. The van der Waals surface area contributed by atoms with Crippen LogP contribution in [-0.2, 0) is 10.0 Å². The second kappa shape index (κ2) is 5.67. The van der Waals surface area contributed by atoms with Gasteiger partial charge in [0.2, 0.25) is 10.0 Å². The molecule has 0 aromatic carbocycles. The third kappa shape index (κ3) is 5.84. The molecule has 1 aliphatic heterocycles. The van der Waals surface area contributed by atoms with Crippen LogP contribution < -0.4 is 5.32 Å². The minimum atomic E-state index is -2.98. The van der Waals surface area contributed by atoms with E-state index in [0.29, 0.717) is 19.0 Å². The summed E-state index contributed by atoms with van der Waals surface area (Å²) in [5.41, 5.74) is 0.174. The molecular weight excluding hydrogens is 236 g/mol. The summed E-state index contributed by atoms with van der Waals surface area (Å²) in [7, 11) is -2.98. The molecule has 17 heavy (non-hydrogen) atoms. The SMILES string of the molecule is CC(C)(C)NCCC1CCN(S(C)(=O)=O)CC1. The lowest BCUT2D eigenvalue weighted by Crippen LogP contribution is -2.40. The van der Waals surface area contributed by atoms with Gasteiger partial charge < -0.3 is 5.32 Å². The molecule has 1 aliphatic rings. The number of sulfonamides is 1. The highest BCUT2D eigenvalue weighted by Crippen LogP contribution is 2.21. The standard InChI is InChI=1S/C12H26N2O2S/c1-12(2,3)13-8-5-11-6-9-14(10-7-11)17(4,15)16/h11,13H,5-10H2,1-4H3. The van der Waals surface area contributed by atoms with Crippen molar-refractivity contribution in [1.82, 2.24) is 9.62 Å². The Labute approximate surface area is 106 Å². The van der Waals surface area contributed by atoms with Gasteiger partial charge in [-0.1, -0.05) is 0 Å². The van der Waals surface area contributed by atoms with E-state index in [-0.39, 0.29) is 5.54 Å². The minimum absolute atomic E-state index is 0.174. The molecule has 0 atom stereocenters. The molecule has 0 spiro atoms. The minimum Gasteiger partial charge on any atom is -0.312 e. The average Bonchev–Trinajstić information content (AvgIpc) is 2.15. The number of rotatable bonds is 4. The number of piperidine rings is 1. The van der Waals surface area contributed by atoms with E-state index in [1.54, 1.807) is 4.31 Å². The van der Waals surface area contributed by atoms with E-state index >= 15 is 0 Å². The Bertz CT molecular complexity index is 325. The predicted molar refractivity (Wildman–Crippen MR) is 71.5 cm³/mol. The van der Waals surface area contributed by atoms with Crippen LogP contribution in [0.15, 0.2) is 0 Å². The van der Waals surface area contributed by atoms with Gasteiger partial charge in [0.05, 0.1) is 6.26 Å². The van der Waals surface area contributed by atoms with Gasteiger partial charge in [-0.3, -0.25) is 0 Å². The highest BCUT2D eigenvalue weighted by atomic mass is 32.2. The van der Waals surface area contributed by atoms with Crippen molar-refractivity contribution in [2.45, 2.75) is 45.6 Å². The zero-order valence-electron chi connectivity index (χ0n) is 11.5. The Hall–Kier alpha value is -0.130. The van der Waals surface area contributed by atoms with Gasteiger partial charge in [0.15, 0.2) is 0 Å². The van der Waals surface area contributed by atoms with Gasteiger partial charge >= 0.3 is 0 Å². The molecule has 5 heteroatoms. The lowest BCUT2D eigenvalue weighted by Gasteiger charge is -2.31. The predicted octanol–water partition coefficient (Wildman–Crippen LogP) is 1.44. The monoisotopic (exact) mass is 262 g/mol. The second-order valence-corrected chi connectivity index (χ2v) is 8.05. The third-order valence-electron chi connectivity index (χ3n) is 3.25. The van der Waals surface area contributed by atoms with E-state index in [9.17, 15) is 8.42 Å². The summed E-state index contributed by atoms with van der Waals surface area (Å²) in [6, 6.07) is 0. The summed E-state index contributed by atoms with van der Waals surface area (Å²) in [5.74, 6) is 0.669. The van der Waals surface area contributed by atoms with Crippen molar-refractivity contribution in [3.63, 3.8) is 0 Å². The van der Waals surface area contributed by atoms with Crippen LogP contribution in [0.4, 0.5) is 0 Å². The molecule has 0 aromatic heterocycles. The molecule has 0 bridgehead atoms. The van der Waals surface area contributed by atoms with Crippen LogP contribution in [0.5, 0.6) is 0 Å². The molecule has 1 fully saturated rings. The van der Waals surface area contributed by atoms with E-state index in [2.05, 4.69) is 26.1 Å². The Kier molecular flexibility index (Phi) is 4.98. The molecular formula is C12H26N2O2S. The van der Waals surface area contributed by atoms with Gasteiger partial charge in [-0.25, -0.2) is 12.7 Å². The van der Waals surface area contributed by atoms with E-state index in [4.69, 9.17) is 0 Å². The Balaban J connectivity index is 2.24. The van der Waals surface area contributed by atoms with Crippen molar-refractivity contribution in [2.24, 2.45) is 5.92 Å². The molecule has 0 aliphatic carbocycles. The van der Waals surface area contributed by atoms with Gasteiger partial charge in [-0.05, 0) is 52.5 Å². The lowest BCUT2D eigenvalue weighted by atomic mass is 9.94. The Morgan fingerprint density at radius 3 is 2.18 bits per heavy atom. The molecule has 1 saturated heterocycles. The summed E-state index contributed by atoms with van der Waals surface area (Å²) in [6.07, 6.45) is 4.45. The normalized spacial score (nSPS) is 20.7. The van der Waals surface area contributed by atoms with Crippen molar-refractivity contribution in [3.8, 4) is 0 Å². The molecule has 0 radical (unpaired) electrons. The van der Waals surface area contributed by atoms with Crippen LogP contribution >= 0.6 is 0 Å². The summed E-state index contributed by atoms with van der Waals surface area (Å²) >= 11 is 0. The van der Waals surface area contributed by atoms with Crippen molar-refractivity contribution in [1.29, 1.82) is 0 Å². The fourth-order valence-corrected chi connectivity index (χ4v) is 3.05.